The van der Waals surface area contributed by atoms with Gasteiger partial charge in [-0.05, 0) is 61.0 Å². The first-order valence-corrected chi connectivity index (χ1v) is 11.6. The second kappa shape index (κ2) is 10.7. The van der Waals surface area contributed by atoms with Gasteiger partial charge in [0.2, 0.25) is 0 Å². The average Bonchev–Trinajstić information content (AvgIpc) is 3.03. The molecule has 1 heterocycles. The molecule has 0 bridgehead atoms. The van der Waals surface area contributed by atoms with Gasteiger partial charge in [-0.2, -0.15) is 0 Å². The molecular formula is C23H23BrN2O5S. The molecule has 1 aliphatic rings. The van der Waals surface area contributed by atoms with E-state index in [9.17, 15) is 14.4 Å². The van der Waals surface area contributed by atoms with Crippen LogP contribution >= 0.6 is 27.7 Å². The standard InChI is InChI=1S/C23H23BrN2O5S/c1-4-9-26-22(28)20(32-23(26)29)11-15-10-18(30-3)19(12-17(15)24)31-13-21(27)25-16-7-5-14(2)6-8-16/h5-8,10-12H,4,9,13H2,1-3H3,(H,25,27)/b20-11+. The molecule has 32 heavy (non-hydrogen) atoms. The molecule has 0 aromatic heterocycles. The summed E-state index contributed by atoms with van der Waals surface area (Å²) in [5, 5.41) is 2.50. The fourth-order valence-corrected chi connectivity index (χ4v) is 4.26. The van der Waals surface area contributed by atoms with Crippen molar-refractivity contribution >= 4 is 56.5 Å². The van der Waals surface area contributed by atoms with Crippen molar-refractivity contribution in [3.05, 3.63) is 56.9 Å². The number of ether oxygens (including phenoxy) is 2. The number of carbonyl (C=O) groups is 3. The summed E-state index contributed by atoms with van der Waals surface area (Å²) in [6.07, 6.45) is 2.34. The largest absolute Gasteiger partial charge is 0.493 e. The number of thioether (sulfide) groups is 1. The molecule has 7 nitrogen and oxygen atoms in total. The number of anilines is 1. The molecule has 1 N–H and O–H groups in total. The van der Waals surface area contributed by atoms with E-state index < -0.39 is 0 Å². The fourth-order valence-electron chi connectivity index (χ4n) is 2.97. The highest BCUT2D eigenvalue weighted by molar-refractivity contribution is 9.10. The molecule has 0 aliphatic carbocycles. The zero-order valence-corrected chi connectivity index (χ0v) is 20.3. The first-order valence-electron chi connectivity index (χ1n) is 9.94. The zero-order valence-electron chi connectivity index (χ0n) is 17.9. The predicted octanol–water partition coefficient (Wildman–Crippen LogP) is 5.23. The lowest BCUT2D eigenvalue weighted by Gasteiger charge is -2.13. The van der Waals surface area contributed by atoms with E-state index in [1.165, 1.54) is 12.0 Å². The summed E-state index contributed by atoms with van der Waals surface area (Å²) in [5.74, 6) is 0.159. The Morgan fingerprint density at radius 2 is 1.91 bits per heavy atom. The lowest BCUT2D eigenvalue weighted by atomic mass is 10.2. The maximum Gasteiger partial charge on any atom is 0.293 e. The summed E-state index contributed by atoms with van der Waals surface area (Å²) < 4.78 is 11.7. The molecule has 9 heteroatoms. The van der Waals surface area contributed by atoms with Gasteiger partial charge in [-0.1, -0.05) is 40.5 Å². The average molecular weight is 519 g/mol. The molecule has 1 saturated heterocycles. The van der Waals surface area contributed by atoms with Crippen LogP contribution in [0.4, 0.5) is 10.5 Å². The quantitative estimate of drug-likeness (QED) is 0.481. The van der Waals surface area contributed by atoms with Crippen molar-refractivity contribution in [1.82, 2.24) is 4.90 Å². The normalized spacial score (nSPS) is 14.8. The third kappa shape index (κ3) is 5.72. The van der Waals surface area contributed by atoms with Crippen LogP contribution in [-0.4, -0.2) is 42.2 Å². The Bertz CT molecular complexity index is 1070. The number of hydrogen-bond donors (Lipinski definition) is 1. The summed E-state index contributed by atoms with van der Waals surface area (Å²) in [5.41, 5.74) is 2.44. The third-order valence-corrected chi connectivity index (χ3v) is 6.18. The lowest BCUT2D eigenvalue weighted by Crippen LogP contribution is -2.28. The molecule has 0 atom stereocenters. The first kappa shape index (κ1) is 23.9. The highest BCUT2D eigenvalue weighted by Gasteiger charge is 2.34. The number of halogens is 1. The van der Waals surface area contributed by atoms with E-state index >= 15 is 0 Å². The van der Waals surface area contributed by atoms with Crippen LogP contribution in [0.1, 0.15) is 24.5 Å². The van der Waals surface area contributed by atoms with Gasteiger partial charge in [-0.3, -0.25) is 19.3 Å². The van der Waals surface area contributed by atoms with Gasteiger partial charge in [0, 0.05) is 16.7 Å². The summed E-state index contributed by atoms with van der Waals surface area (Å²) in [6.45, 7) is 4.07. The molecule has 0 spiro atoms. The van der Waals surface area contributed by atoms with Gasteiger partial charge in [0.1, 0.15) is 0 Å². The minimum absolute atomic E-state index is 0.202. The van der Waals surface area contributed by atoms with E-state index in [-0.39, 0.29) is 23.7 Å². The van der Waals surface area contributed by atoms with Gasteiger partial charge in [0.25, 0.3) is 17.1 Å². The molecular weight excluding hydrogens is 496 g/mol. The summed E-state index contributed by atoms with van der Waals surface area (Å²) in [6, 6.07) is 10.8. The number of nitrogens with one attached hydrogen (secondary N) is 1. The van der Waals surface area contributed by atoms with Crippen molar-refractivity contribution in [3.8, 4) is 11.5 Å². The Labute approximate surface area is 199 Å². The van der Waals surface area contributed by atoms with Gasteiger partial charge in [-0.25, -0.2) is 0 Å². The molecule has 0 saturated carbocycles. The SMILES string of the molecule is CCCN1C(=O)S/C(=C/c2cc(OC)c(OCC(=O)Nc3ccc(C)cc3)cc2Br)C1=O. The van der Waals surface area contributed by atoms with E-state index in [0.29, 0.717) is 45.1 Å². The number of rotatable bonds is 8. The highest BCUT2D eigenvalue weighted by atomic mass is 79.9. The smallest absolute Gasteiger partial charge is 0.293 e. The van der Waals surface area contributed by atoms with Crippen molar-refractivity contribution in [2.75, 3.05) is 25.6 Å². The molecule has 0 unspecified atom stereocenters. The van der Waals surface area contributed by atoms with Crippen molar-refractivity contribution < 1.29 is 23.9 Å². The van der Waals surface area contributed by atoms with Crippen LogP contribution in [0.15, 0.2) is 45.8 Å². The summed E-state index contributed by atoms with van der Waals surface area (Å²) in [7, 11) is 1.49. The van der Waals surface area contributed by atoms with Crippen molar-refractivity contribution in [3.63, 3.8) is 0 Å². The molecule has 0 radical (unpaired) electrons. The Morgan fingerprint density at radius 1 is 1.19 bits per heavy atom. The number of imide groups is 1. The number of aryl methyl sites for hydroxylation is 1. The van der Waals surface area contributed by atoms with Crippen LogP contribution in [0, 0.1) is 6.92 Å². The van der Waals surface area contributed by atoms with Crippen LogP contribution in [0.3, 0.4) is 0 Å². The van der Waals surface area contributed by atoms with Crippen LogP contribution < -0.4 is 14.8 Å². The summed E-state index contributed by atoms with van der Waals surface area (Å²) >= 11 is 4.38. The second-order valence-corrected chi connectivity index (χ2v) is 8.91. The van der Waals surface area contributed by atoms with E-state index in [1.807, 2.05) is 38.1 Å². The molecule has 1 aliphatic heterocycles. The van der Waals surface area contributed by atoms with E-state index in [2.05, 4.69) is 21.2 Å². The van der Waals surface area contributed by atoms with E-state index in [1.54, 1.807) is 18.2 Å². The van der Waals surface area contributed by atoms with E-state index in [4.69, 9.17) is 9.47 Å². The van der Waals surface area contributed by atoms with Crippen molar-refractivity contribution in [2.24, 2.45) is 0 Å². The van der Waals surface area contributed by atoms with Gasteiger partial charge < -0.3 is 14.8 Å². The molecule has 3 amide bonds. The number of methoxy groups -OCH3 is 1. The molecule has 2 aromatic rings. The van der Waals surface area contributed by atoms with Crippen molar-refractivity contribution in [1.29, 1.82) is 0 Å². The van der Waals surface area contributed by atoms with Crippen LogP contribution in [0.2, 0.25) is 0 Å². The third-order valence-electron chi connectivity index (χ3n) is 4.58. The van der Waals surface area contributed by atoms with Crippen LogP contribution in [0.5, 0.6) is 11.5 Å². The number of benzene rings is 2. The topological polar surface area (TPSA) is 84.9 Å². The fraction of sp³-hybridized carbons (Fsp3) is 0.261. The van der Waals surface area contributed by atoms with Crippen LogP contribution in [-0.2, 0) is 9.59 Å². The second-order valence-electron chi connectivity index (χ2n) is 7.06. The van der Waals surface area contributed by atoms with Gasteiger partial charge in [-0.15, -0.1) is 0 Å². The maximum absolute atomic E-state index is 12.5. The Balaban J connectivity index is 1.72. The number of hydrogen-bond acceptors (Lipinski definition) is 6. The van der Waals surface area contributed by atoms with Gasteiger partial charge in [0.15, 0.2) is 18.1 Å². The lowest BCUT2D eigenvalue weighted by molar-refractivity contribution is -0.122. The number of amides is 3. The Hall–Kier alpha value is -2.78. The number of carbonyl (C=O) groups excluding carboxylic acids is 3. The maximum atomic E-state index is 12.5. The van der Waals surface area contributed by atoms with Gasteiger partial charge in [0.05, 0.1) is 12.0 Å². The zero-order chi connectivity index (χ0) is 23.3. The monoisotopic (exact) mass is 518 g/mol. The van der Waals surface area contributed by atoms with Gasteiger partial charge >= 0.3 is 0 Å². The number of nitrogens with zero attached hydrogens (tertiary/aromatic N) is 1. The van der Waals surface area contributed by atoms with Crippen LogP contribution in [0.25, 0.3) is 6.08 Å². The minimum atomic E-state index is -0.305. The molecule has 2 aromatic carbocycles. The first-order chi connectivity index (χ1) is 15.3. The minimum Gasteiger partial charge on any atom is -0.493 e. The predicted molar refractivity (Wildman–Crippen MR) is 129 cm³/mol. The molecule has 168 valence electrons. The highest BCUT2D eigenvalue weighted by Crippen LogP contribution is 2.38. The Kier molecular flexibility index (Phi) is 7.98. The van der Waals surface area contributed by atoms with Crippen molar-refractivity contribution in [2.45, 2.75) is 20.3 Å². The molecule has 1 fully saturated rings. The van der Waals surface area contributed by atoms with E-state index in [0.717, 1.165) is 17.3 Å². The molecule has 3 rings (SSSR count). The summed E-state index contributed by atoms with van der Waals surface area (Å²) in [4.78, 5) is 38.4. The Morgan fingerprint density at radius 3 is 2.56 bits per heavy atom.